The molecule has 4 nitrogen and oxygen atoms in total. The fourth-order valence-corrected chi connectivity index (χ4v) is 2.70. The summed E-state index contributed by atoms with van der Waals surface area (Å²) in [5.41, 5.74) is 1.29. The van der Waals surface area contributed by atoms with Crippen molar-refractivity contribution in [2.45, 2.75) is 59.3 Å². The molecule has 0 aliphatic rings. The first-order chi connectivity index (χ1) is 9.35. The maximum atomic E-state index is 5.24. The van der Waals surface area contributed by atoms with Crippen molar-refractivity contribution < 1.29 is 4.74 Å². The average molecular weight is 299 g/mol. The third kappa shape index (κ3) is 6.31. The summed E-state index contributed by atoms with van der Waals surface area (Å²) < 4.78 is 5.24. The summed E-state index contributed by atoms with van der Waals surface area (Å²) in [7, 11) is 1.75. The van der Waals surface area contributed by atoms with E-state index in [4.69, 9.17) is 9.72 Å². The Morgan fingerprint density at radius 2 is 2.15 bits per heavy atom. The normalized spacial score (nSPS) is 13.9. The van der Waals surface area contributed by atoms with Gasteiger partial charge in [-0.25, -0.2) is 4.98 Å². The maximum absolute atomic E-state index is 5.24. The standard InChI is InChI=1S/C15H29N3OS/c1-7-18(12(2)10-19-6)9-13-11-20-14(17-13)8-16-15(3,4)5/h11-12,16H,7-10H2,1-6H3. The maximum Gasteiger partial charge on any atom is 0.107 e. The summed E-state index contributed by atoms with van der Waals surface area (Å²) in [6, 6.07) is 0.419. The zero-order valence-corrected chi connectivity index (χ0v) is 14.5. The molecule has 116 valence electrons. The highest BCUT2D eigenvalue weighted by atomic mass is 32.1. The number of rotatable bonds is 8. The van der Waals surface area contributed by atoms with Crippen molar-refractivity contribution in [2.24, 2.45) is 0 Å². The van der Waals surface area contributed by atoms with Crippen molar-refractivity contribution in [1.82, 2.24) is 15.2 Å². The first-order valence-electron chi connectivity index (χ1n) is 7.27. The third-order valence-electron chi connectivity index (χ3n) is 3.17. The number of nitrogens with one attached hydrogen (secondary N) is 1. The van der Waals surface area contributed by atoms with E-state index in [9.17, 15) is 0 Å². The number of hydrogen-bond donors (Lipinski definition) is 1. The minimum absolute atomic E-state index is 0.133. The lowest BCUT2D eigenvalue weighted by atomic mass is 10.1. The van der Waals surface area contributed by atoms with Crippen LogP contribution in [0.5, 0.6) is 0 Å². The number of methoxy groups -OCH3 is 1. The molecule has 1 atom stereocenters. The molecular weight excluding hydrogens is 270 g/mol. The van der Waals surface area contributed by atoms with Crippen LogP contribution in [0.1, 0.15) is 45.3 Å². The van der Waals surface area contributed by atoms with Gasteiger partial charge < -0.3 is 10.1 Å². The first-order valence-corrected chi connectivity index (χ1v) is 8.15. The lowest BCUT2D eigenvalue weighted by Crippen LogP contribution is -2.36. The molecule has 20 heavy (non-hydrogen) atoms. The van der Waals surface area contributed by atoms with E-state index in [1.807, 2.05) is 0 Å². The molecule has 1 heterocycles. The molecule has 0 radical (unpaired) electrons. The van der Waals surface area contributed by atoms with Gasteiger partial charge >= 0.3 is 0 Å². The van der Waals surface area contributed by atoms with Crippen LogP contribution >= 0.6 is 11.3 Å². The van der Waals surface area contributed by atoms with Crippen LogP contribution in [0.3, 0.4) is 0 Å². The molecule has 1 aromatic heterocycles. The molecule has 0 amide bonds. The number of likely N-dealkylation sites (N-methyl/N-ethyl adjacent to an activating group) is 1. The number of nitrogens with zero attached hydrogens (tertiary/aromatic N) is 2. The quantitative estimate of drug-likeness (QED) is 0.801. The lowest BCUT2D eigenvalue weighted by molar-refractivity contribution is 0.0975. The minimum Gasteiger partial charge on any atom is -0.383 e. The summed E-state index contributed by atoms with van der Waals surface area (Å²) in [6.07, 6.45) is 0. The molecule has 1 unspecified atom stereocenters. The van der Waals surface area contributed by atoms with Gasteiger partial charge in [0.05, 0.1) is 12.3 Å². The fraction of sp³-hybridized carbons (Fsp3) is 0.800. The zero-order valence-electron chi connectivity index (χ0n) is 13.7. The number of thiazole rings is 1. The predicted molar refractivity (Wildman–Crippen MR) is 86.1 cm³/mol. The second-order valence-electron chi connectivity index (χ2n) is 6.20. The molecule has 0 spiro atoms. The fourth-order valence-electron chi connectivity index (χ4n) is 1.98. The summed E-state index contributed by atoms with van der Waals surface area (Å²) >= 11 is 1.74. The van der Waals surface area contributed by atoms with Gasteiger partial charge in [0.2, 0.25) is 0 Å². The molecular formula is C15H29N3OS. The SMILES string of the molecule is CCN(Cc1csc(CNC(C)(C)C)n1)C(C)COC. The largest absolute Gasteiger partial charge is 0.383 e. The zero-order chi connectivity index (χ0) is 15.2. The van der Waals surface area contributed by atoms with E-state index >= 15 is 0 Å². The van der Waals surface area contributed by atoms with Gasteiger partial charge in [-0.05, 0) is 34.2 Å². The average Bonchev–Trinajstić information content (AvgIpc) is 2.80. The summed E-state index contributed by atoms with van der Waals surface area (Å²) in [5, 5.41) is 6.80. The second-order valence-corrected chi connectivity index (χ2v) is 7.15. The highest BCUT2D eigenvalue weighted by molar-refractivity contribution is 7.09. The Hall–Kier alpha value is -0.490. The van der Waals surface area contributed by atoms with Gasteiger partial charge in [-0.3, -0.25) is 4.90 Å². The van der Waals surface area contributed by atoms with Gasteiger partial charge in [0, 0.05) is 37.2 Å². The molecule has 1 N–H and O–H groups in total. The predicted octanol–water partition coefficient (Wildman–Crippen LogP) is 2.89. The molecule has 0 aliphatic heterocycles. The van der Waals surface area contributed by atoms with Crippen molar-refractivity contribution >= 4 is 11.3 Å². The van der Waals surface area contributed by atoms with E-state index in [2.05, 4.69) is 50.2 Å². The summed E-state index contributed by atoms with van der Waals surface area (Å²) in [6.45, 7) is 14.4. The number of hydrogen-bond acceptors (Lipinski definition) is 5. The van der Waals surface area contributed by atoms with Crippen LogP contribution in [0.2, 0.25) is 0 Å². The van der Waals surface area contributed by atoms with Crippen molar-refractivity contribution in [1.29, 1.82) is 0 Å². The van der Waals surface area contributed by atoms with Crippen molar-refractivity contribution in [2.75, 3.05) is 20.3 Å². The monoisotopic (exact) mass is 299 g/mol. The minimum atomic E-state index is 0.133. The Morgan fingerprint density at radius 1 is 1.45 bits per heavy atom. The molecule has 0 aliphatic carbocycles. The first kappa shape index (κ1) is 17.6. The topological polar surface area (TPSA) is 37.4 Å². The van der Waals surface area contributed by atoms with E-state index in [0.717, 1.165) is 36.9 Å². The Kier molecular flexibility index (Phi) is 7.09. The Balaban J connectivity index is 2.53. The second kappa shape index (κ2) is 8.08. The van der Waals surface area contributed by atoms with Gasteiger partial charge in [-0.15, -0.1) is 11.3 Å². The van der Waals surface area contributed by atoms with E-state index in [-0.39, 0.29) is 5.54 Å². The summed E-state index contributed by atoms with van der Waals surface area (Å²) in [4.78, 5) is 7.11. The molecule has 1 aromatic rings. The van der Waals surface area contributed by atoms with Crippen LogP contribution in [0.15, 0.2) is 5.38 Å². The molecule has 0 bridgehead atoms. The van der Waals surface area contributed by atoms with Crippen LogP contribution in [0.25, 0.3) is 0 Å². The van der Waals surface area contributed by atoms with Crippen molar-refractivity contribution in [3.63, 3.8) is 0 Å². The van der Waals surface area contributed by atoms with Crippen LogP contribution in [0, 0.1) is 0 Å². The van der Waals surface area contributed by atoms with Gasteiger partial charge in [0.1, 0.15) is 5.01 Å². The molecule has 0 saturated heterocycles. The van der Waals surface area contributed by atoms with Gasteiger partial charge in [-0.2, -0.15) is 0 Å². The molecule has 5 heteroatoms. The van der Waals surface area contributed by atoms with E-state index in [1.54, 1.807) is 18.4 Å². The molecule has 1 rings (SSSR count). The number of ether oxygens (including phenoxy) is 1. The summed E-state index contributed by atoms with van der Waals surface area (Å²) in [5.74, 6) is 0. The highest BCUT2D eigenvalue weighted by Crippen LogP contribution is 2.14. The molecule has 0 fully saturated rings. The smallest absolute Gasteiger partial charge is 0.107 e. The molecule has 0 aromatic carbocycles. The molecule has 0 saturated carbocycles. The van der Waals surface area contributed by atoms with Crippen molar-refractivity contribution in [3.05, 3.63) is 16.1 Å². The van der Waals surface area contributed by atoms with Crippen LogP contribution in [-0.4, -0.2) is 41.7 Å². The van der Waals surface area contributed by atoms with E-state index < -0.39 is 0 Å². The highest BCUT2D eigenvalue weighted by Gasteiger charge is 2.15. The van der Waals surface area contributed by atoms with Gasteiger partial charge in [0.25, 0.3) is 0 Å². The van der Waals surface area contributed by atoms with Crippen LogP contribution in [0.4, 0.5) is 0 Å². The Labute approximate surface area is 127 Å². The van der Waals surface area contributed by atoms with E-state index in [0.29, 0.717) is 6.04 Å². The van der Waals surface area contributed by atoms with E-state index in [1.165, 1.54) is 0 Å². The number of aromatic nitrogens is 1. The van der Waals surface area contributed by atoms with Crippen LogP contribution in [-0.2, 0) is 17.8 Å². The Morgan fingerprint density at radius 3 is 2.70 bits per heavy atom. The van der Waals surface area contributed by atoms with Crippen LogP contribution < -0.4 is 5.32 Å². The third-order valence-corrected chi connectivity index (χ3v) is 4.07. The lowest BCUT2D eigenvalue weighted by Gasteiger charge is -2.26. The Bertz CT molecular complexity index is 387. The van der Waals surface area contributed by atoms with Gasteiger partial charge in [-0.1, -0.05) is 6.92 Å². The van der Waals surface area contributed by atoms with Gasteiger partial charge in [0.15, 0.2) is 0 Å². The van der Waals surface area contributed by atoms with Crippen molar-refractivity contribution in [3.8, 4) is 0 Å².